The molecule has 0 aliphatic carbocycles. The number of rotatable bonds is 6. The molecule has 18 heavy (non-hydrogen) atoms. The molecule has 0 bridgehead atoms. The van der Waals surface area contributed by atoms with Gasteiger partial charge in [-0.2, -0.15) is 5.10 Å². The van der Waals surface area contributed by atoms with E-state index >= 15 is 0 Å². The predicted octanol–water partition coefficient (Wildman–Crippen LogP) is 0.161. The average Bonchev–Trinajstić information content (AvgIpc) is 2.64. The van der Waals surface area contributed by atoms with Crippen LogP contribution < -0.4 is 11.1 Å². The second kappa shape index (κ2) is 8.07. The number of ether oxygens (including phenoxy) is 1. The van der Waals surface area contributed by atoms with Gasteiger partial charge in [-0.3, -0.25) is 9.89 Å². The van der Waals surface area contributed by atoms with Gasteiger partial charge in [0.1, 0.15) is 6.04 Å². The molecule has 0 spiro atoms. The minimum absolute atomic E-state index is 0. The van der Waals surface area contributed by atoms with Gasteiger partial charge in [0.2, 0.25) is 5.91 Å². The van der Waals surface area contributed by atoms with Gasteiger partial charge in [-0.15, -0.1) is 12.4 Å². The first-order valence-electron chi connectivity index (χ1n) is 5.58. The van der Waals surface area contributed by atoms with Crippen LogP contribution in [0.4, 0.5) is 0 Å². The molecule has 1 rings (SSSR count). The molecule has 1 aromatic heterocycles. The smallest absolute Gasteiger partial charge is 0.239 e. The summed E-state index contributed by atoms with van der Waals surface area (Å²) in [7, 11) is 1.52. The van der Waals surface area contributed by atoms with Gasteiger partial charge in [-0.1, -0.05) is 0 Å². The van der Waals surface area contributed by atoms with E-state index in [4.69, 9.17) is 10.5 Å². The van der Waals surface area contributed by atoms with E-state index in [1.54, 1.807) is 0 Å². The number of nitrogens with one attached hydrogen (secondary N) is 2. The van der Waals surface area contributed by atoms with Crippen LogP contribution in [0.5, 0.6) is 0 Å². The number of H-pyrrole nitrogens is 1. The third-order valence-electron chi connectivity index (χ3n) is 2.35. The largest absolute Gasteiger partial charge is 0.383 e. The number of methoxy groups -OCH3 is 1. The topological polar surface area (TPSA) is 93.0 Å². The summed E-state index contributed by atoms with van der Waals surface area (Å²) in [5, 5.41) is 9.80. The lowest BCUT2D eigenvalue weighted by Gasteiger charge is -2.16. The summed E-state index contributed by atoms with van der Waals surface area (Å²) in [6.07, 6.45) is 0.676. The fourth-order valence-electron chi connectivity index (χ4n) is 1.55. The van der Waals surface area contributed by atoms with Crippen LogP contribution in [0, 0.1) is 6.92 Å². The molecule has 0 radical (unpaired) electrons. The van der Waals surface area contributed by atoms with E-state index in [-0.39, 0.29) is 31.0 Å². The summed E-state index contributed by atoms with van der Waals surface area (Å²) in [6, 6.07) is 1.33. The highest BCUT2D eigenvalue weighted by Gasteiger charge is 2.16. The summed E-state index contributed by atoms with van der Waals surface area (Å²) in [5.74, 6) is -0.202. The molecule has 0 saturated carbocycles. The lowest BCUT2D eigenvalue weighted by Crippen LogP contribution is -2.47. The van der Waals surface area contributed by atoms with Crippen molar-refractivity contribution in [2.45, 2.75) is 32.4 Å². The highest BCUT2D eigenvalue weighted by atomic mass is 35.5. The number of halogens is 1. The first-order chi connectivity index (χ1) is 8.02. The Balaban J connectivity index is 0.00000289. The van der Waals surface area contributed by atoms with Gasteiger partial charge in [0.25, 0.3) is 0 Å². The van der Waals surface area contributed by atoms with Gasteiger partial charge in [0.05, 0.1) is 12.3 Å². The van der Waals surface area contributed by atoms with Crippen LogP contribution >= 0.6 is 12.4 Å². The van der Waals surface area contributed by atoms with Crippen LogP contribution in [0.2, 0.25) is 0 Å². The fourth-order valence-corrected chi connectivity index (χ4v) is 1.55. The van der Waals surface area contributed by atoms with Gasteiger partial charge in [0, 0.05) is 25.3 Å². The second-order valence-electron chi connectivity index (χ2n) is 4.22. The summed E-state index contributed by atoms with van der Waals surface area (Å²) in [5.41, 5.74) is 7.55. The van der Waals surface area contributed by atoms with Crippen LogP contribution in [-0.2, 0) is 16.0 Å². The number of hydrogen-bond donors (Lipinski definition) is 3. The number of carbonyl (C=O) groups is 1. The molecular weight excluding hydrogens is 256 g/mol. The number of aromatic amines is 1. The highest BCUT2D eigenvalue weighted by Crippen LogP contribution is 2.01. The van der Waals surface area contributed by atoms with Crippen molar-refractivity contribution >= 4 is 18.3 Å². The zero-order chi connectivity index (χ0) is 12.8. The Hall–Kier alpha value is -1.11. The molecule has 0 aromatic carbocycles. The van der Waals surface area contributed by atoms with Crippen molar-refractivity contribution in [2.75, 3.05) is 13.7 Å². The Labute approximate surface area is 113 Å². The van der Waals surface area contributed by atoms with Crippen molar-refractivity contribution < 1.29 is 9.53 Å². The molecule has 6 nitrogen and oxygen atoms in total. The van der Waals surface area contributed by atoms with Gasteiger partial charge in [-0.05, 0) is 19.9 Å². The molecule has 1 heterocycles. The molecule has 1 amide bonds. The van der Waals surface area contributed by atoms with E-state index in [0.29, 0.717) is 6.42 Å². The maximum atomic E-state index is 11.6. The molecule has 0 saturated heterocycles. The zero-order valence-electron chi connectivity index (χ0n) is 10.9. The van der Waals surface area contributed by atoms with Crippen molar-refractivity contribution in [1.82, 2.24) is 15.5 Å². The van der Waals surface area contributed by atoms with Gasteiger partial charge in [0.15, 0.2) is 0 Å². The minimum atomic E-state index is -0.622. The number of carbonyl (C=O) groups excluding carboxylic acids is 1. The van der Waals surface area contributed by atoms with Crippen molar-refractivity contribution in [3.05, 3.63) is 17.5 Å². The van der Waals surface area contributed by atoms with Gasteiger partial charge < -0.3 is 15.8 Å². The molecule has 4 N–H and O–H groups in total. The molecule has 2 unspecified atom stereocenters. The molecule has 2 atom stereocenters. The van der Waals surface area contributed by atoms with E-state index in [9.17, 15) is 4.79 Å². The predicted molar refractivity (Wildman–Crippen MR) is 71.7 cm³/mol. The van der Waals surface area contributed by atoms with Crippen LogP contribution in [0.3, 0.4) is 0 Å². The molecule has 0 fully saturated rings. The molecule has 104 valence electrons. The summed E-state index contributed by atoms with van der Waals surface area (Å²) in [4.78, 5) is 11.6. The lowest BCUT2D eigenvalue weighted by atomic mass is 10.1. The Morgan fingerprint density at radius 3 is 2.83 bits per heavy atom. The minimum Gasteiger partial charge on any atom is -0.383 e. The number of aromatic nitrogens is 2. The first kappa shape index (κ1) is 16.9. The van der Waals surface area contributed by atoms with Crippen molar-refractivity contribution in [3.8, 4) is 0 Å². The third kappa shape index (κ3) is 5.48. The highest BCUT2D eigenvalue weighted by molar-refractivity contribution is 5.85. The van der Waals surface area contributed by atoms with Crippen LogP contribution in [-0.4, -0.2) is 41.9 Å². The number of nitrogens with zero attached hydrogens (tertiary/aromatic N) is 1. The van der Waals surface area contributed by atoms with Crippen LogP contribution in [0.1, 0.15) is 18.3 Å². The van der Waals surface area contributed by atoms with Crippen molar-refractivity contribution in [1.29, 1.82) is 0 Å². The normalized spacial score (nSPS) is 13.6. The molecule has 7 heteroatoms. The molecule has 0 aliphatic heterocycles. The SMILES string of the molecule is COCC(N)C(=O)NC(C)Cc1cc(C)[nH]n1.Cl. The van der Waals surface area contributed by atoms with E-state index in [2.05, 4.69) is 15.5 Å². The maximum Gasteiger partial charge on any atom is 0.239 e. The van der Waals surface area contributed by atoms with E-state index < -0.39 is 6.04 Å². The molecule has 0 aliphatic rings. The Kier molecular flexibility index (Phi) is 7.58. The van der Waals surface area contributed by atoms with Crippen LogP contribution in [0.25, 0.3) is 0 Å². The Morgan fingerprint density at radius 2 is 2.33 bits per heavy atom. The zero-order valence-corrected chi connectivity index (χ0v) is 11.7. The summed E-state index contributed by atoms with van der Waals surface area (Å²) >= 11 is 0. The maximum absolute atomic E-state index is 11.6. The van der Waals surface area contributed by atoms with Crippen molar-refractivity contribution in [2.24, 2.45) is 5.73 Å². The Bertz CT molecular complexity index is 370. The monoisotopic (exact) mass is 276 g/mol. The standard InChI is InChI=1S/C11H20N4O2.ClH/c1-7(4-9-5-8(2)14-15-9)13-11(16)10(12)6-17-3;/h5,7,10H,4,6,12H2,1-3H3,(H,13,16)(H,14,15);1H. The Morgan fingerprint density at radius 1 is 1.67 bits per heavy atom. The summed E-state index contributed by atoms with van der Waals surface area (Å²) in [6.45, 7) is 4.08. The van der Waals surface area contributed by atoms with Gasteiger partial charge in [-0.25, -0.2) is 0 Å². The van der Waals surface area contributed by atoms with Gasteiger partial charge >= 0.3 is 0 Å². The molecular formula is C11H21ClN4O2. The van der Waals surface area contributed by atoms with E-state index in [0.717, 1.165) is 11.4 Å². The fraction of sp³-hybridized carbons (Fsp3) is 0.636. The third-order valence-corrected chi connectivity index (χ3v) is 2.35. The number of hydrogen-bond acceptors (Lipinski definition) is 4. The average molecular weight is 277 g/mol. The number of nitrogens with two attached hydrogens (primary N) is 1. The quantitative estimate of drug-likeness (QED) is 0.690. The number of aryl methyl sites for hydroxylation is 1. The lowest BCUT2D eigenvalue weighted by molar-refractivity contribution is -0.124. The van der Waals surface area contributed by atoms with Crippen molar-refractivity contribution in [3.63, 3.8) is 0 Å². The summed E-state index contributed by atoms with van der Waals surface area (Å²) < 4.78 is 4.82. The van der Waals surface area contributed by atoms with E-state index in [1.807, 2.05) is 19.9 Å². The second-order valence-corrected chi connectivity index (χ2v) is 4.22. The first-order valence-corrected chi connectivity index (χ1v) is 5.58. The van der Waals surface area contributed by atoms with Crippen LogP contribution in [0.15, 0.2) is 6.07 Å². The molecule has 1 aromatic rings. The van der Waals surface area contributed by atoms with E-state index in [1.165, 1.54) is 7.11 Å². The number of amides is 1.